The number of benzene rings is 1. The zero-order valence-electron chi connectivity index (χ0n) is 25.6. The van der Waals surface area contributed by atoms with E-state index in [1.54, 1.807) is 6.20 Å². The van der Waals surface area contributed by atoms with Crippen molar-refractivity contribution in [3.8, 4) is 11.3 Å². The van der Waals surface area contributed by atoms with Crippen molar-refractivity contribution in [2.75, 3.05) is 53.5 Å². The third-order valence-corrected chi connectivity index (χ3v) is 7.76. The average molecular weight is 578 g/mol. The number of aromatic nitrogens is 3. The van der Waals surface area contributed by atoms with E-state index in [1.807, 2.05) is 29.9 Å². The molecule has 10 heteroatoms. The summed E-state index contributed by atoms with van der Waals surface area (Å²) in [5.41, 5.74) is 4.16. The number of hydrogen-bond acceptors (Lipinski definition) is 7. The minimum atomic E-state index is -0.154. The highest BCUT2D eigenvalue weighted by Crippen LogP contribution is 2.27. The number of unbranched alkanes of at least 4 members (excludes halogenated alkanes) is 1. The largest absolute Gasteiger partial charge is 0.381 e. The number of nitrogens with one attached hydrogen (secondary N) is 3. The summed E-state index contributed by atoms with van der Waals surface area (Å²) in [7, 11) is 4.07. The van der Waals surface area contributed by atoms with Gasteiger partial charge in [0, 0.05) is 64.0 Å². The SMILES string of the molecule is CNCCN(C)Cc1cccc(-c2cc(C(=O)NCCCCC(=O)NCC3CCOCC3)c3cnn(C(C)C)c3n2)c1. The number of likely N-dealkylation sites (N-methyl/N-ethyl adjacent to an activating group) is 2. The maximum atomic E-state index is 13.4. The summed E-state index contributed by atoms with van der Waals surface area (Å²) in [5, 5.41) is 14.6. The first-order valence-electron chi connectivity index (χ1n) is 15.3. The second-order valence-corrected chi connectivity index (χ2v) is 11.6. The molecule has 0 radical (unpaired) electrons. The summed E-state index contributed by atoms with van der Waals surface area (Å²) in [6.45, 7) is 9.60. The van der Waals surface area contributed by atoms with Crippen LogP contribution in [-0.2, 0) is 16.1 Å². The Bertz CT molecular complexity index is 1320. The first-order chi connectivity index (χ1) is 20.4. The molecule has 3 heterocycles. The second kappa shape index (κ2) is 15.8. The zero-order valence-corrected chi connectivity index (χ0v) is 25.6. The van der Waals surface area contributed by atoms with Crippen molar-refractivity contribution in [1.82, 2.24) is 35.6 Å². The minimum absolute atomic E-state index is 0.0739. The van der Waals surface area contributed by atoms with Gasteiger partial charge in [0.15, 0.2) is 5.65 Å². The molecule has 228 valence electrons. The number of carbonyl (C=O) groups is 2. The number of nitrogens with zero attached hydrogens (tertiary/aromatic N) is 4. The highest BCUT2D eigenvalue weighted by molar-refractivity contribution is 6.06. The molecule has 1 fully saturated rings. The molecule has 1 aromatic carbocycles. The number of fused-ring (bicyclic) bond motifs is 1. The number of amides is 2. The molecule has 0 atom stereocenters. The van der Waals surface area contributed by atoms with Crippen molar-refractivity contribution < 1.29 is 14.3 Å². The van der Waals surface area contributed by atoms with Crippen molar-refractivity contribution in [2.24, 2.45) is 5.92 Å². The van der Waals surface area contributed by atoms with E-state index in [9.17, 15) is 9.59 Å². The predicted octanol–water partition coefficient (Wildman–Crippen LogP) is 3.77. The molecule has 0 unspecified atom stereocenters. The van der Waals surface area contributed by atoms with Gasteiger partial charge in [-0.25, -0.2) is 9.67 Å². The molecule has 0 saturated carbocycles. The molecule has 0 spiro atoms. The van der Waals surface area contributed by atoms with Crippen LogP contribution in [0.1, 0.15) is 67.9 Å². The zero-order chi connectivity index (χ0) is 29.9. The first-order valence-corrected chi connectivity index (χ1v) is 15.3. The Morgan fingerprint density at radius 2 is 1.93 bits per heavy atom. The fourth-order valence-electron chi connectivity index (χ4n) is 5.26. The standard InChI is InChI=1S/C32H47N7O3/c1-23(2)39-31-28(21-36-39)27(19-29(37-31)26-9-7-8-25(18-26)22-38(4)15-14-33-3)32(41)34-13-6-5-10-30(40)35-20-24-11-16-42-17-12-24/h7-9,18-19,21,23-24,33H,5-6,10-17,20,22H2,1-4H3,(H,34,41)(H,35,40). The van der Waals surface area contributed by atoms with Crippen molar-refractivity contribution in [2.45, 2.75) is 58.5 Å². The van der Waals surface area contributed by atoms with Gasteiger partial charge >= 0.3 is 0 Å². The highest BCUT2D eigenvalue weighted by Gasteiger charge is 2.19. The van der Waals surface area contributed by atoms with Gasteiger partial charge in [-0.1, -0.05) is 18.2 Å². The van der Waals surface area contributed by atoms with Crippen LogP contribution in [0.4, 0.5) is 0 Å². The van der Waals surface area contributed by atoms with Crippen LogP contribution in [0.15, 0.2) is 36.5 Å². The fourth-order valence-corrected chi connectivity index (χ4v) is 5.26. The average Bonchev–Trinajstić information content (AvgIpc) is 3.43. The molecule has 0 bridgehead atoms. The van der Waals surface area contributed by atoms with E-state index in [1.165, 1.54) is 5.56 Å². The number of hydrogen-bond donors (Lipinski definition) is 3. The lowest BCUT2D eigenvalue weighted by Gasteiger charge is -2.22. The highest BCUT2D eigenvalue weighted by atomic mass is 16.5. The summed E-state index contributed by atoms with van der Waals surface area (Å²) in [6, 6.07) is 10.3. The molecule has 4 rings (SSSR count). The van der Waals surface area contributed by atoms with Gasteiger partial charge < -0.3 is 25.6 Å². The molecular weight excluding hydrogens is 530 g/mol. The predicted molar refractivity (Wildman–Crippen MR) is 166 cm³/mol. The third kappa shape index (κ3) is 8.83. The van der Waals surface area contributed by atoms with Crippen molar-refractivity contribution >= 4 is 22.8 Å². The molecular formula is C32H47N7O3. The molecule has 0 aliphatic carbocycles. The molecule has 1 saturated heterocycles. The van der Waals surface area contributed by atoms with Crippen LogP contribution < -0.4 is 16.0 Å². The molecule has 3 N–H and O–H groups in total. The Morgan fingerprint density at radius 1 is 1.12 bits per heavy atom. The van der Waals surface area contributed by atoms with Gasteiger partial charge in [-0.3, -0.25) is 9.59 Å². The van der Waals surface area contributed by atoms with E-state index in [4.69, 9.17) is 9.72 Å². The van der Waals surface area contributed by atoms with Gasteiger partial charge in [-0.2, -0.15) is 5.10 Å². The molecule has 3 aromatic rings. The quantitative estimate of drug-likeness (QED) is 0.236. The van der Waals surface area contributed by atoms with E-state index in [0.717, 1.165) is 81.7 Å². The Balaban J connectivity index is 1.40. The van der Waals surface area contributed by atoms with Crippen LogP contribution in [0.5, 0.6) is 0 Å². The van der Waals surface area contributed by atoms with Crippen molar-refractivity contribution in [1.29, 1.82) is 0 Å². The first kappa shape index (κ1) is 31.6. The van der Waals surface area contributed by atoms with Crippen LogP contribution in [0, 0.1) is 5.92 Å². The number of ether oxygens (including phenoxy) is 1. The smallest absolute Gasteiger partial charge is 0.252 e. The molecule has 1 aliphatic heterocycles. The molecule has 2 aromatic heterocycles. The van der Waals surface area contributed by atoms with Crippen LogP contribution in [0.2, 0.25) is 0 Å². The Morgan fingerprint density at radius 3 is 2.69 bits per heavy atom. The van der Waals surface area contributed by atoms with Crippen molar-refractivity contribution in [3.05, 3.63) is 47.7 Å². The van der Waals surface area contributed by atoms with Crippen LogP contribution >= 0.6 is 0 Å². The Kier molecular flexibility index (Phi) is 11.9. The van der Waals surface area contributed by atoms with Gasteiger partial charge in [-0.15, -0.1) is 0 Å². The summed E-state index contributed by atoms with van der Waals surface area (Å²) in [4.78, 5) is 32.9. The number of rotatable bonds is 15. The van der Waals surface area contributed by atoms with E-state index in [0.29, 0.717) is 30.1 Å². The fraction of sp³-hybridized carbons (Fsp3) is 0.562. The van der Waals surface area contributed by atoms with Gasteiger partial charge in [0.05, 0.1) is 22.8 Å². The lowest BCUT2D eigenvalue weighted by molar-refractivity contribution is -0.121. The molecule has 1 aliphatic rings. The van der Waals surface area contributed by atoms with E-state index < -0.39 is 0 Å². The summed E-state index contributed by atoms with van der Waals surface area (Å²) in [5.74, 6) is 0.431. The molecule has 10 nitrogen and oxygen atoms in total. The van der Waals surface area contributed by atoms with Crippen LogP contribution in [0.3, 0.4) is 0 Å². The maximum Gasteiger partial charge on any atom is 0.252 e. The van der Waals surface area contributed by atoms with Crippen molar-refractivity contribution in [3.63, 3.8) is 0 Å². The molecule has 42 heavy (non-hydrogen) atoms. The lowest BCUT2D eigenvalue weighted by Crippen LogP contribution is -2.32. The molecule has 2 amide bonds. The lowest BCUT2D eigenvalue weighted by atomic mass is 10.0. The monoisotopic (exact) mass is 577 g/mol. The van der Waals surface area contributed by atoms with E-state index >= 15 is 0 Å². The van der Waals surface area contributed by atoms with Gasteiger partial charge in [0.1, 0.15) is 0 Å². The van der Waals surface area contributed by atoms with Gasteiger partial charge in [0.2, 0.25) is 5.91 Å². The summed E-state index contributed by atoms with van der Waals surface area (Å²) >= 11 is 0. The van der Waals surface area contributed by atoms with E-state index in [2.05, 4.69) is 59.0 Å². The third-order valence-electron chi connectivity index (χ3n) is 7.76. The topological polar surface area (TPSA) is 113 Å². The Hall–Kier alpha value is -3.34. The maximum absolute atomic E-state index is 13.4. The van der Waals surface area contributed by atoms with Gasteiger partial charge in [0.25, 0.3) is 5.91 Å². The van der Waals surface area contributed by atoms with Gasteiger partial charge in [-0.05, 0) is 77.2 Å². The minimum Gasteiger partial charge on any atom is -0.381 e. The summed E-state index contributed by atoms with van der Waals surface area (Å²) < 4.78 is 7.25. The Labute approximate surface area is 249 Å². The normalized spacial score (nSPS) is 14.1. The number of pyridine rings is 1. The second-order valence-electron chi connectivity index (χ2n) is 11.6. The summed E-state index contributed by atoms with van der Waals surface area (Å²) in [6.07, 6.45) is 5.66. The van der Waals surface area contributed by atoms with E-state index in [-0.39, 0.29) is 17.9 Å². The number of carbonyl (C=O) groups excluding carboxylic acids is 2. The van der Waals surface area contributed by atoms with Crippen LogP contribution in [-0.4, -0.2) is 85.0 Å². The van der Waals surface area contributed by atoms with Crippen LogP contribution in [0.25, 0.3) is 22.3 Å².